The van der Waals surface area contributed by atoms with Crippen LogP contribution in [-0.4, -0.2) is 25.5 Å². The number of sulfonamides is 1. The summed E-state index contributed by atoms with van der Waals surface area (Å²) in [5.41, 5.74) is 5.68. The Hall–Kier alpha value is -1.18. The summed E-state index contributed by atoms with van der Waals surface area (Å²) in [6.45, 7) is 3.93. The van der Waals surface area contributed by atoms with E-state index < -0.39 is 15.8 Å². The van der Waals surface area contributed by atoms with Crippen molar-refractivity contribution in [2.24, 2.45) is 0 Å². The molecule has 2 atom stereocenters. The monoisotopic (exact) mass is 301 g/mol. The van der Waals surface area contributed by atoms with E-state index in [9.17, 15) is 12.8 Å². The van der Waals surface area contributed by atoms with Crippen LogP contribution in [0.15, 0.2) is 23.1 Å². The third-order valence-electron chi connectivity index (χ3n) is 3.68. The maximum atomic E-state index is 13.2. The van der Waals surface area contributed by atoms with Gasteiger partial charge in [0.05, 0.1) is 5.69 Å². The molecular formula is C13H20FN3O2S. The van der Waals surface area contributed by atoms with E-state index in [1.165, 1.54) is 6.07 Å². The fraction of sp³-hybridized carbons (Fsp3) is 0.538. The molecule has 0 amide bonds. The van der Waals surface area contributed by atoms with Crippen LogP contribution < -0.4 is 10.6 Å². The van der Waals surface area contributed by atoms with Crippen LogP contribution in [0.1, 0.15) is 33.1 Å². The van der Waals surface area contributed by atoms with Crippen LogP contribution in [0.4, 0.5) is 10.1 Å². The van der Waals surface area contributed by atoms with Crippen LogP contribution >= 0.6 is 0 Å². The van der Waals surface area contributed by atoms with Gasteiger partial charge >= 0.3 is 0 Å². The van der Waals surface area contributed by atoms with Gasteiger partial charge in [-0.25, -0.2) is 17.8 Å². The van der Waals surface area contributed by atoms with Gasteiger partial charge in [-0.15, -0.1) is 4.83 Å². The van der Waals surface area contributed by atoms with Crippen LogP contribution in [0.2, 0.25) is 0 Å². The maximum Gasteiger partial charge on any atom is 0.255 e. The van der Waals surface area contributed by atoms with Gasteiger partial charge in [-0.1, -0.05) is 6.42 Å². The molecule has 1 aliphatic heterocycles. The average molecular weight is 301 g/mol. The standard InChI is InChI=1S/C13H20FN3O2S/c1-9-4-3-5-10(2)17(9)16-20(18,19)13-8-11(14)6-7-12(13)15/h6-10,16H,3-5,15H2,1-2H3. The molecule has 0 bridgehead atoms. The number of nitrogens with two attached hydrogens (primary N) is 1. The van der Waals surface area contributed by atoms with Crippen LogP contribution in [0.5, 0.6) is 0 Å². The zero-order valence-corrected chi connectivity index (χ0v) is 12.5. The second-order valence-electron chi connectivity index (χ2n) is 5.31. The molecule has 2 rings (SSSR count). The molecule has 20 heavy (non-hydrogen) atoms. The number of halogens is 1. The lowest BCUT2D eigenvalue weighted by molar-refractivity contribution is 0.0790. The van der Waals surface area contributed by atoms with Gasteiger partial charge in [-0.2, -0.15) is 0 Å². The van der Waals surface area contributed by atoms with Gasteiger partial charge in [0.1, 0.15) is 10.7 Å². The summed E-state index contributed by atoms with van der Waals surface area (Å²) >= 11 is 0. The van der Waals surface area contributed by atoms with Crippen molar-refractivity contribution in [1.82, 2.24) is 9.84 Å². The van der Waals surface area contributed by atoms with Crippen molar-refractivity contribution < 1.29 is 12.8 Å². The Morgan fingerprint density at radius 3 is 2.50 bits per heavy atom. The summed E-state index contributed by atoms with van der Waals surface area (Å²) in [6.07, 6.45) is 2.92. The van der Waals surface area contributed by atoms with Gasteiger partial charge in [0.25, 0.3) is 10.0 Å². The van der Waals surface area contributed by atoms with Crippen molar-refractivity contribution in [3.05, 3.63) is 24.0 Å². The van der Waals surface area contributed by atoms with E-state index in [0.717, 1.165) is 31.4 Å². The summed E-state index contributed by atoms with van der Waals surface area (Å²) in [4.78, 5) is 2.32. The largest absolute Gasteiger partial charge is 0.398 e. The van der Waals surface area contributed by atoms with Gasteiger partial charge < -0.3 is 5.73 Å². The first-order valence-corrected chi connectivity index (χ1v) is 8.15. The lowest BCUT2D eigenvalue weighted by Crippen LogP contribution is -2.54. The maximum absolute atomic E-state index is 13.2. The summed E-state index contributed by atoms with van der Waals surface area (Å²) < 4.78 is 38.0. The first-order valence-electron chi connectivity index (χ1n) is 6.67. The van der Waals surface area contributed by atoms with Crippen LogP contribution in [-0.2, 0) is 10.0 Å². The summed E-state index contributed by atoms with van der Waals surface area (Å²) in [6, 6.07) is 3.54. The number of anilines is 1. The van der Waals surface area contributed by atoms with Crippen molar-refractivity contribution in [2.75, 3.05) is 5.73 Å². The normalized spacial score (nSPS) is 24.8. The minimum atomic E-state index is -3.87. The molecule has 3 N–H and O–H groups in total. The lowest BCUT2D eigenvalue weighted by atomic mass is 10.0. The second-order valence-corrected chi connectivity index (χ2v) is 6.94. The second kappa shape index (κ2) is 5.67. The molecule has 0 aliphatic carbocycles. The van der Waals surface area contributed by atoms with E-state index in [0.29, 0.717) is 0 Å². The zero-order valence-electron chi connectivity index (χ0n) is 11.6. The quantitative estimate of drug-likeness (QED) is 0.836. The molecule has 0 spiro atoms. The fourth-order valence-corrected chi connectivity index (χ4v) is 3.91. The van der Waals surface area contributed by atoms with Crippen LogP contribution in [0.25, 0.3) is 0 Å². The van der Waals surface area contributed by atoms with E-state index in [1.54, 1.807) is 5.01 Å². The SMILES string of the molecule is CC1CCCC(C)N1NS(=O)(=O)c1cc(F)ccc1N. The number of nitrogens with one attached hydrogen (secondary N) is 1. The Kier molecular flexibility index (Phi) is 4.31. The topological polar surface area (TPSA) is 75.4 Å². The molecule has 0 saturated carbocycles. The molecule has 0 radical (unpaired) electrons. The molecule has 1 fully saturated rings. The first-order chi connectivity index (χ1) is 9.31. The van der Waals surface area contributed by atoms with Crippen molar-refractivity contribution in [2.45, 2.75) is 50.1 Å². The highest BCUT2D eigenvalue weighted by Crippen LogP contribution is 2.24. The van der Waals surface area contributed by atoms with E-state index in [4.69, 9.17) is 5.73 Å². The first kappa shape index (κ1) is 15.2. The number of hydrogen-bond donors (Lipinski definition) is 2. The minimum Gasteiger partial charge on any atom is -0.398 e. The molecule has 1 aromatic carbocycles. The Morgan fingerprint density at radius 2 is 1.90 bits per heavy atom. The number of rotatable bonds is 3. The molecule has 1 saturated heterocycles. The van der Waals surface area contributed by atoms with Crippen molar-refractivity contribution in [3.63, 3.8) is 0 Å². The molecule has 112 valence electrons. The number of nitrogens with zero attached hydrogens (tertiary/aromatic N) is 1. The number of benzene rings is 1. The Labute approximate surface area is 119 Å². The third-order valence-corrected chi connectivity index (χ3v) is 5.07. The van der Waals surface area contributed by atoms with Gasteiger partial charge in [0, 0.05) is 12.1 Å². The molecule has 1 aromatic rings. The van der Waals surface area contributed by atoms with Crippen molar-refractivity contribution in [3.8, 4) is 0 Å². The molecule has 1 heterocycles. The van der Waals surface area contributed by atoms with Crippen LogP contribution in [0, 0.1) is 5.82 Å². The summed E-state index contributed by atoms with van der Waals surface area (Å²) in [5.74, 6) is -0.626. The van der Waals surface area contributed by atoms with Gasteiger partial charge in [0.15, 0.2) is 0 Å². The highest BCUT2D eigenvalue weighted by molar-refractivity contribution is 7.89. The van der Waals surface area contributed by atoms with Gasteiger partial charge in [0.2, 0.25) is 0 Å². The zero-order chi connectivity index (χ0) is 14.9. The number of hydrogen-bond acceptors (Lipinski definition) is 4. The summed E-state index contributed by atoms with van der Waals surface area (Å²) in [7, 11) is -3.87. The fourth-order valence-electron chi connectivity index (χ4n) is 2.53. The minimum absolute atomic E-state index is 0.0382. The number of piperidine rings is 1. The van der Waals surface area contributed by atoms with E-state index in [2.05, 4.69) is 4.83 Å². The highest BCUT2D eigenvalue weighted by atomic mass is 32.2. The molecule has 5 nitrogen and oxygen atoms in total. The average Bonchev–Trinajstić information content (AvgIpc) is 2.37. The smallest absolute Gasteiger partial charge is 0.255 e. The van der Waals surface area contributed by atoms with Crippen LogP contribution in [0.3, 0.4) is 0 Å². The predicted octanol–water partition coefficient (Wildman–Crippen LogP) is 1.86. The molecular weight excluding hydrogens is 281 g/mol. The van der Waals surface area contributed by atoms with E-state index >= 15 is 0 Å². The molecule has 2 unspecified atom stereocenters. The van der Waals surface area contributed by atoms with E-state index in [-0.39, 0.29) is 22.7 Å². The predicted molar refractivity (Wildman–Crippen MR) is 75.7 cm³/mol. The van der Waals surface area contributed by atoms with Crippen molar-refractivity contribution >= 4 is 15.7 Å². The Morgan fingerprint density at radius 1 is 1.30 bits per heavy atom. The molecule has 1 aliphatic rings. The van der Waals surface area contributed by atoms with Gasteiger partial charge in [-0.05, 0) is 44.9 Å². The highest BCUT2D eigenvalue weighted by Gasteiger charge is 2.30. The van der Waals surface area contributed by atoms with E-state index in [1.807, 2.05) is 13.8 Å². The van der Waals surface area contributed by atoms with Crippen molar-refractivity contribution in [1.29, 1.82) is 0 Å². The molecule has 7 heteroatoms. The number of nitrogen functional groups attached to an aromatic ring is 1. The lowest BCUT2D eigenvalue weighted by Gasteiger charge is -2.38. The summed E-state index contributed by atoms with van der Waals surface area (Å²) in [5, 5.41) is 1.71. The van der Waals surface area contributed by atoms with Gasteiger partial charge in [-0.3, -0.25) is 0 Å². The number of hydrazine groups is 1. The Balaban J connectivity index is 2.28. The Bertz CT molecular complexity index is 581. The third kappa shape index (κ3) is 3.11. The molecule has 0 aromatic heterocycles.